The van der Waals surface area contributed by atoms with Gasteiger partial charge >= 0.3 is 6.36 Å². The van der Waals surface area contributed by atoms with E-state index >= 15 is 0 Å². The number of rotatable bonds is 9. The first-order valence-corrected chi connectivity index (χ1v) is 8.64. The SMILES string of the molecule is CCNc1cc(-c2cccc(OC(F)(F)F)c2)nc(NCCCN(C)C)n1. The van der Waals surface area contributed by atoms with Gasteiger partial charge in [-0.25, -0.2) is 4.98 Å². The van der Waals surface area contributed by atoms with E-state index in [1.807, 2.05) is 21.0 Å². The van der Waals surface area contributed by atoms with Crippen molar-refractivity contribution < 1.29 is 17.9 Å². The second kappa shape index (κ2) is 9.40. The Hall–Kier alpha value is -2.55. The molecule has 0 amide bonds. The van der Waals surface area contributed by atoms with Gasteiger partial charge in [0.1, 0.15) is 11.6 Å². The lowest BCUT2D eigenvalue weighted by Gasteiger charge is -2.13. The van der Waals surface area contributed by atoms with Crippen molar-refractivity contribution in [2.45, 2.75) is 19.7 Å². The minimum Gasteiger partial charge on any atom is -0.406 e. The molecule has 1 aromatic heterocycles. The zero-order valence-electron chi connectivity index (χ0n) is 15.6. The Morgan fingerprint density at radius 2 is 1.89 bits per heavy atom. The highest BCUT2D eigenvalue weighted by molar-refractivity contribution is 5.65. The molecule has 0 unspecified atom stereocenters. The largest absolute Gasteiger partial charge is 0.573 e. The van der Waals surface area contributed by atoms with Gasteiger partial charge in [0.2, 0.25) is 5.95 Å². The number of alkyl halides is 3. The van der Waals surface area contributed by atoms with Gasteiger partial charge in [0, 0.05) is 24.7 Å². The minimum absolute atomic E-state index is 0.288. The molecule has 0 aliphatic heterocycles. The van der Waals surface area contributed by atoms with Crippen LogP contribution in [0.5, 0.6) is 5.75 Å². The Bertz CT molecular complexity index is 737. The number of aromatic nitrogens is 2. The molecule has 2 rings (SSSR count). The monoisotopic (exact) mass is 383 g/mol. The van der Waals surface area contributed by atoms with E-state index in [9.17, 15) is 13.2 Å². The van der Waals surface area contributed by atoms with Crippen LogP contribution in [0.2, 0.25) is 0 Å². The molecule has 0 radical (unpaired) electrons. The van der Waals surface area contributed by atoms with Crippen LogP contribution in [0.4, 0.5) is 24.9 Å². The Kier molecular flexibility index (Phi) is 7.23. The smallest absolute Gasteiger partial charge is 0.406 e. The van der Waals surface area contributed by atoms with Crippen molar-refractivity contribution in [3.05, 3.63) is 30.3 Å². The number of nitrogens with one attached hydrogen (secondary N) is 2. The maximum Gasteiger partial charge on any atom is 0.573 e. The summed E-state index contributed by atoms with van der Waals surface area (Å²) in [5.74, 6) is 0.730. The summed E-state index contributed by atoms with van der Waals surface area (Å²) < 4.78 is 41.4. The summed E-state index contributed by atoms with van der Waals surface area (Å²) in [7, 11) is 3.99. The molecule has 2 aromatic rings. The summed E-state index contributed by atoms with van der Waals surface area (Å²) in [6, 6.07) is 7.43. The Morgan fingerprint density at radius 1 is 1.11 bits per heavy atom. The molecule has 0 aliphatic carbocycles. The van der Waals surface area contributed by atoms with E-state index < -0.39 is 6.36 Å². The first-order valence-electron chi connectivity index (χ1n) is 8.64. The molecule has 0 saturated carbocycles. The summed E-state index contributed by atoms with van der Waals surface area (Å²) >= 11 is 0. The van der Waals surface area contributed by atoms with Crippen molar-refractivity contribution in [2.75, 3.05) is 44.4 Å². The van der Waals surface area contributed by atoms with Gasteiger partial charge in [-0.3, -0.25) is 0 Å². The van der Waals surface area contributed by atoms with E-state index in [0.717, 1.165) is 13.0 Å². The van der Waals surface area contributed by atoms with Gasteiger partial charge in [0.05, 0.1) is 5.69 Å². The zero-order valence-corrected chi connectivity index (χ0v) is 15.6. The van der Waals surface area contributed by atoms with Gasteiger partial charge in [-0.2, -0.15) is 4.98 Å². The lowest BCUT2D eigenvalue weighted by Crippen LogP contribution is -2.17. The number of halogens is 3. The molecule has 148 valence electrons. The van der Waals surface area contributed by atoms with E-state index in [1.165, 1.54) is 18.2 Å². The lowest BCUT2D eigenvalue weighted by atomic mass is 10.1. The molecular formula is C18H24F3N5O. The first-order chi connectivity index (χ1) is 12.8. The van der Waals surface area contributed by atoms with Crippen molar-refractivity contribution in [3.8, 4) is 17.0 Å². The first kappa shape index (κ1) is 20.8. The number of hydrogen-bond acceptors (Lipinski definition) is 6. The van der Waals surface area contributed by atoms with E-state index in [-0.39, 0.29) is 5.75 Å². The van der Waals surface area contributed by atoms with Crippen LogP contribution in [0.25, 0.3) is 11.3 Å². The van der Waals surface area contributed by atoms with Crippen molar-refractivity contribution in [1.82, 2.24) is 14.9 Å². The Morgan fingerprint density at radius 3 is 2.56 bits per heavy atom. The molecule has 0 fully saturated rings. The third-order valence-electron chi connectivity index (χ3n) is 3.51. The topological polar surface area (TPSA) is 62.3 Å². The summed E-state index contributed by atoms with van der Waals surface area (Å²) in [4.78, 5) is 10.9. The molecule has 1 heterocycles. The Balaban J connectivity index is 2.23. The minimum atomic E-state index is -4.74. The molecule has 2 N–H and O–H groups in total. The van der Waals surface area contributed by atoms with Crippen LogP contribution >= 0.6 is 0 Å². The fourth-order valence-corrected chi connectivity index (χ4v) is 2.39. The van der Waals surface area contributed by atoms with Crippen molar-refractivity contribution >= 4 is 11.8 Å². The van der Waals surface area contributed by atoms with Gasteiger partial charge < -0.3 is 20.3 Å². The third kappa shape index (κ3) is 7.30. The molecule has 0 atom stereocenters. The van der Waals surface area contributed by atoms with Crippen LogP contribution in [-0.4, -0.2) is 55.0 Å². The fourth-order valence-electron chi connectivity index (χ4n) is 2.39. The van der Waals surface area contributed by atoms with Gasteiger partial charge in [-0.05, 0) is 46.1 Å². The average molecular weight is 383 g/mol. The molecule has 0 saturated heterocycles. The standard InChI is InChI=1S/C18H24F3N5O/c1-4-22-16-12-15(24-17(25-16)23-9-6-10-26(2)3)13-7-5-8-14(11-13)27-18(19,20)21/h5,7-8,11-12H,4,6,9-10H2,1-3H3,(H2,22,23,24,25). The Labute approximate surface area is 156 Å². The highest BCUT2D eigenvalue weighted by Gasteiger charge is 2.31. The number of ether oxygens (including phenoxy) is 1. The summed E-state index contributed by atoms with van der Waals surface area (Å²) in [6.45, 7) is 4.20. The highest BCUT2D eigenvalue weighted by Crippen LogP contribution is 2.28. The molecule has 9 heteroatoms. The number of hydrogen-bond donors (Lipinski definition) is 2. The normalized spacial score (nSPS) is 11.5. The van der Waals surface area contributed by atoms with Crippen molar-refractivity contribution in [1.29, 1.82) is 0 Å². The second-order valence-corrected chi connectivity index (χ2v) is 6.15. The molecule has 27 heavy (non-hydrogen) atoms. The quantitative estimate of drug-likeness (QED) is 0.642. The third-order valence-corrected chi connectivity index (χ3v) is 3.51. The zero-order chi connectivity index (χ0) is 19.9. The molecule has 1 aromatic carbocycles. The van der Waals surface area contributed by atoms with Crippen molar-refractivity contribution in [3.63, 3.8) is 0 Å². The van der Waals surface area contributed by atoms with Crippen LogP contribution in [0.1, 0.15) is 13.3 Å². The second-order valence-electron chi connectivity index (χ2n) is 6.15. The summed E-state index contributed by atoms with van der Waals surface area (Å²) in [6.07, 6.45) is -3.83. The van der Waals surface area contributed by atoms with Crippen molar-refractivity contribution in [2.24, 2.45) is 0 Å². The van der Waals surface area contributed by atoms with E-state index in [0.29, 0.717) is 36.1 Å². The van der Waals surface area contributed by atoms with Crippen LogP contribution in [0, 0.1) is 0 Å². The predicted octanol–water partition coefficient (Wildman–Crippen LogP) is 3.84. The molecule has 0 aliphatic rings. The van der Waals surface area contributed by atoms with Crippen LogP contribution < -0.4 is 15.4 Å². The highest BCUT2D eigenvalue weighted by atomic mass is 19.4. The average Bonchev–Trinajstić information content (AvgIpc) is 2.57. The maximum atomic E-state index is 12.5. The maximum absolute atomic E-state index is 12.5. The number of nitrogens with zero attached hydrogens (tertiary/aromatic N) is 3. The summed E-state index contributed by atoms with van der Waals surface area (Å²) in [5.41, 5.74) is 1.01. The van der Waals surface area contributed by atoms with Gasteiger partial charge in [0.25, 0.3) is 0 Å². The molecule has 6 nitrogen and oxygen atoms in total. The van der Waals surface area contributed by atoms with Gasteiger partial charge in [0.15, 0.2) is 0 Å². The number of anilines is 2. The predicted molar refractivity (Wildman–Crippen MR) is 100.0 cm³/mol. The fraction of sp³-hybridized carbons (Fsp3) is 0.444. The number of benzene rings is 1. The lowest BCUT2D eigenvalue weighted by molar-refractivity contribution is -0.274. The van der Waals surface area contributed by atoms with Crippen LogP contribution in [0.3, 0.4) is 0 Å². The van der Waals surface area contributed by atoms with E-state index in [1.54, 1.807) is 12.1 Å². The van der Waals surface area contributed by atoms with Gasteiger partial charge in [-0.15, -0.1) is 13.2 Å². The van der Waals surface area contributed by atoms with Gasteiger partial charge in [-0.1, -0.05) is 12.1 Å². The van der Waals surface area contributed by atoms with E-state index in [2.05, 4.69) is 30.2 Å². The molecule has 0 spiro atoms. The van der Waals surface area contributed by atoms with Crippen LogP contribution in [-0.2, 0) is 0 Å². The summed E-state index contributed by atoms with van der Waals surface area (Å²) in [5, 5.41) is 6.27. The van der Waals surface area contributed by atoms with Crippen LogP contribution in [0.15, 0.2) is 30.3 Å². The molecule has 0 bridgehead atoms. The van der Waals surface area contributed by atoms with E-state index in [4.69, 9.17) is 0 Å². The molecular weight excluding hydrogens is 359 g/mol.